The second-order valence-electron chi connectivity index (χ2n) is 5.90. The number of hydrogen-bond donors (Lipinski definition) is 1. The van der Waals surface area contributed by atoms with Crippen molar-refractivity contribution in [2.75, 3.05) is 33.8 Å². The van der Waals surface area contributed by atoms with E-state index >= 15 is 0 Å². The number of piperidine rings is 1. The quantitative estimate of drug-likeness (QED) is 0.854. The minimum atomic E-state index is -0.521. The molecule has 1 amide bonds. The van der Waals surface area contributed by atoms with Gasteiger partial charge in [0.1, 0.15) is 6.10 Å². The molecule has 1 aromatic rings. The van der Waals surface area contributed by atoms with Crippen LogP contribution in [0.4, 0.5) is 0 Å². The topological polar surface area (TPSA) is 58.8 Å². The number of ether oxygens (including phenoxy) is 1. The van der Waals surface area contributed by atoms with Crippen molar-refractivity contribution in [1.82, 2.24) is 9.80 Å². The van der Waals surface area contributed by atoms with E-state index < -0.39 is 6.10 Å². The summed E-state index contributed by atoms with van der Waals surface area (Å²) in [6.07, 6.45) is 1.47. The lowest BCUT2D eigenvalue weighted by Crippen LogP contribution is -2.50. The lowest BCUT2D eigenvalue weighted by molar-refractivity contribution is -0.143. The van der Waals surface area contributed by atoms with E-state index in [0.29, 0.717) is 0 Å². The molecule has 2 rings (SSSR count). The summed E-state index contributed by atoms with van der Waals surface area (Å²) in [5.74, 6) is -0.00786. The number of carbonyl (C=O) groups is 1. The van der Waals surface area contributed by atoms with Crippen molar-refractivity contribution in [2.24, 2.45) is 5.73 Å². The highest BCUT2D eigenvalue weighted by molar-refractivity contribution is 5.81. The summed E-state index contributed by atoms with van der Waals surface area (Å²) in [6.45, 7) is 3.23. The van der Waals surface area contributed by atoms with E-state index in [2.05, 4.69) is 29.2 Å². The second kappa shape index (κ2) is 8.27. The zero-order chi connectivity index (χ0) is 15.9. The maximum atomic E-state index is 12.3. The lowest BCUT2D eigenvalue weighted by Gasteiger charge is -2.37. The van der Waals surface area contributed by atoms with Gasteiger partial charge in [-0.1, -0.05) is 30.3 Å². The molecular weight excluding hydrogens is 278 g/mol. The third-order valence-electron chi connectivity index (χ3n) is 4.48. The van der Waals surface area contributed by atoms with E-state index in [-0.39, 0.29) is 18.5 Å². The molecule has 0 bridgehead atoms. The minimum absolute atomic E-state index is 0.00786. The molecule has 0 spiro atoms. The Kier molecular flexibility index (Phi) is 6.36. The molecular formula is C17H27N3O2. The van der Waals surface area contributed by atoms with Crippen molar-refractivity contribution in [3.8, 4) is 0 Å². The Hall–Kier alpha value is -1.43. The maximum absolute atomic E-state index is 12.3. The van der Waals surface area contributed by atoms with Crippen molar-refractivity contribution in [1.29, 1.82) is 0 Å². The molecule has 1 aromatic carbocycles. The van der Waals surface area contributed by atoms with Crippen molar-refractivity contribution in [3.05, 3.63) is 35.9 Å². The molecule has 1 atom stereocenters. The molecule has 1 aliphatic rings. The van der Waals surface area contributed by atoms with Gasteiger partial charge in [-0.05, 0) is 18.4 Å². The zero-order valence-corrected chi connectivity index (χ0v) is 13.6. The first-order valence-electron chi connectivity index (χ1n) is 7.91. The Bertz CT molecular complexity index is 454. The molecule has 0 radical (unpaired) electrons. The Labute approximate surface area is 133 Å². The fraction of sp³-hybridized carbons (Fsp3) is 0.588. The molecule has 1 unspecified atom stereocenters. The molecule has 0 saturated carbocycles. The Morgan fingerprint density at radius 1 is 1.36 bits per heavy atom. The monoisotopic (exact) mass is 305 g/mol. The molecule has 5 nitrogen and oxygen atoms in total. The van der Waals surface area contributed by atoms with E-state index in [4.69, 9.17) is 10.5 Å². The predicted molar refractivity (Wildman–Crippen MR) is 87.4 cm³/mol. The van der Waals surface area contributed by atoms with E-state index in [1.807, 2.05) is 18.0 Å². The number of carbonyl (C=O) groups excluding carboxylic acids is 1. The van der Waals surface area contributed by atoms with Crippen molar-refractivity contribution in [3.63, 3.8) is 0 Å². The summed E-state index contributed by atoms with van der Waals surface area (Å²) in [6, 6.07) is 10.8. The molecule has 2 N–H and O–H groups in total. The summed E-state index contributed by atoms with van der Waals surface area (Å²) in [5.41, 5.74) is 6.92. The first-order chi connectivity index (χ1) is 10.7. The minimum Gasteiger partial charge on any atom is -0.370 e. The molecule has 22 heavy (non-hydrogen) atoms. The average Bonchev–Trinajstić information content (AvgIpc) is 2.57. The number of nitrogens with two attached hydrogens (primary N) is 1. The third kappa shape index (κ3) is 4.29. The van der Waals surface area contributed by atoms with Crippen LogP contribution in [0.2, 0.25) is 0 Å². The Morgan fingerprint density at radius 3 is 2.55 bits per heavy atom. The largest absolute Gasteiger partial charge is 0.370 e. The summed E-state index contributed by atoms with van der Waals surface area (Å²) < 4.78 is 5.15. The van der Waals surface area contributed by atoms with Gasteiger partial charge in [0.05, 0.1) is 0 Å². The van der Waals surface area contributed by atoms with Crippen molar-refractivity contribution in [2.45, 2.75) is 31.5 Å². The van der Waals surface area contributed by atoms with E-state index in [1.165, 1.54) is 12.7 Å². The van der Waals surface area contributed by atoms with Gasteiger partial charge in [0, 0.05) is 46.4 Å². The fourth-order valence-electron chi connectivity index (χ4n) is 3.01. The molecule has 1 heterocycles. The van der Waals surface area contributed by atoms with Crippen LogP contribution >= 0.6 is 0 Å². The highest BCUT2D eigenvalue weighted by atomic mass is 16.5. The van der Waals surface area contributed by atoms with Crippen molar-refractivity contribution >= 4 is 5.91 Å². The standard InChI is InChI=1S/C17H27N3O2/c1-19(17(21)16(12-18)22-2)15-8-10-20(11-9-15)13-14-6-4-3-5-7-14/h3-7,15-16H,8-13,18H2,1-2H3. The highest BCUT2D eigenvalue weighted by Gasteiger charge is 2.28. The number of benzene rings is 1. The van der Waals surface area contributed by atoms with E-state index in [1.54, 1.807) is 0 Å². The summed E-state index contributed by atoms with van der Waals surface area (Å²) in [4.78, 5) is 16.6. The van der Waals surface area contributed by atoms with Crippen LogP contribution in [0, 0.1) is 0 Å². The normalized spacial score (nSPS) is 18.1. The van der Waals surface area contributed by atoms with Crippen LogP contribution in [-0.2, 0) is 16.1 Å². The van der Waals surface area contributed by atoms with E-state index in [0.717, 1.165) is 32.5 Å². The first kappa shape index (κ1) is 16.9. The van der Waals surface area contributed by atoms with E-state index in [9.17, 15) is 4.79 Å². The van der Waals surface area contributed by atoms with Crippen LogP contribution in [0.25, 0.3) is 0 Å². The molecule has 1 fully saturated rings. The Balaban J connectivity index is 1.82. The smallest absolute Gasteiger partial charge is 0.252 e. The van der Waals surface area contributed by atoms with Gasteiger partial charge in [-0.15, -0.1) is 0 Å². The van der Waals surface area contributed by atoms with Crippen LogP contribution in [0.5, 0.6) is 0 Å². The summed E-state index contributed by atoms with van der Waals surface area (Å²) >= 11 is 0. The van der Waals surface area contributed by atoms with Gasteiger partial charge in [-0.3, -0.25) is 9.69 Å². The van der Waals surface area contributed by atoms with Crippen LogP contribution < -0.4 is 5.73 Å². The zero-order valence-electron chi connectivity index (χ0n) is 13.6. The lowest BCUT2D eigenvalue weighted by atomic mass is 10.0. The van der Waals surface area contributed by atoms with Crippen molar-refractivity contribution < 1.29 is 9.53 Å². The van der Waals surface area contributed by atoms with Gasteiger partial charge in [0.25, 0.3) is 5.91 Å². The SMILES string of the molecule is COC(CN)C(=O)N(C)C1CCN(Cc2ccccc2)CC1. The third-order valence-corrected chi connectivity index (χ3v) is 4.48. The number of methoxy groups -OCH3 is 1. The van der Waals surface area contributed by atoms with Gasteiger partial charge in [0.2, 0.25) is 0 Å². The molecule has 0 aliphatic carbocycles. The number of nitrogens with zero attached hydrogens (tertiary/aromatic N) is 2. The molecule has 122 valence electrons. The number of hydrogen-bond acceptors (Lipinski definition) is 4. The summed E-state index contributed by atoms with van der Waals surface area (Å²) in [5, 5.41) is 0. The van der Waals surface area contributed by atoms with Crippen LogP contribution in [-0.4, -0.2) is 61.6 Å². The van der Waals surface area contributed by atoms with Crippen LogP contribution in [0.15, 0.2) is 30.3 Å². The molecule has 1 saturated heterocycles. The number of likely N-dealkylation sites (N-methyl/N-ethyl adjacent to an activating group) is 1. The second-order valence-corrected chi connectivity index (χ2v) is 5.90. The molecule has 0 aromatic heterocycles. The highest BCUT2D eigenvalue weighted by Crippen LogP contribution is 2.18. The maximum Gasteiger partial charge on any atom is 0.252 e. The first-order valence-corrected chi connectivity index (χ1v) is 7.91. The van der Waals surface area contributed by atoms with Gasteiger partial charge >= 0.3 is 0 Å². The number of rotatable bonds is 6. The number of amides is 1. The Morgan fingerprint density at radius 2 is 2.00 bits per heavy atom. The predicted octanol–water partition coefficient (Wildman–Crippen LogP) is 1.08. The van der Waals surface area contributed by atoms with Gasteiger partial charge < -0.3 is 15.4 Å². The van der Waals surface area contributed by atoms with Gasteiger partial charge in [0.15, 0.2) is 0 Å². The fourth-order valence-corrected chi connectivity index (χ4v) is 3.01. The summed E-state index contributed by atoms with van der Waals surface area (Å²) in [7, 11) is 3.40. The molecule has 1 aliphatic heterocycles. The average molecular weight is 305 g/mol. The number of likely N-dealkylation sites (tertiary alicyclic amines) is 1. The van der Waals surface area contributed by atoms with Gasteiger partial charge in [-0.25, -0.2) is 0 Å². The van der Waals surface area contributed by atoms with Gasteiger partial charge in [-0.2, -0.15) is 0 Å². The van der Waals surface area contributed by atoms with Crippen LogP contribution in [0.3, 0.4) is 0 Å². The molecule has 5 heteroatoms. The van der Waals surface area contributed by atoms with Crippen LogP contribution in [0.1, 0.15) is 18.4 Å².